The largest absolute Gasteiger partial charge is 0.493 e. The summed E-state index contributed by atoms with van der Waals surface area (Å²) < 4.78 is 27.3. The standard InChI is InChI=1S/C19H20O6/c1-21-15-6-5-13-14-9-17(23-3)16(22-2)8-11(14)7-12(20)10-25-18(13)19(15)24-4/h5-6,8-9H,7,10H2,1-4H3. The van der Waals surface area contributed by atoms with Crippen molar-refractivity contribution < 1.29 is 28.5 Å². The topological polar surface area (TPSA) is 63.2 Å². The lowest BCUT2D eigenvalue weighted by Gasteiger charge is -2.22. The molecule has 1 aliphatic rings. The number of hydrogen-bond donors (Lipinski definition) is 0. The van der Waals surface area contributed by atoms with Gasteiger partial charge in [-0.2, -0.15) is 0 Å². The van der Waals surface area contributed by atoms with Gasteiger partial charge in [-0.1, -0.05) is 0 Å². The Kier molecular flexibility index (Phi) is 4.70. The van der Waals surface area contributed by atoms with Crippen LogP contribution in [0.15, 0.2) is 24.3 Å². The van der Waals surface area contributed by atoms with Gasteiger partial charge in [-0.3, -0.25) is 4.79 Å². The van der Waals surface area contributed by atoms with Crippen LogP contribution in [0.3, 0.4) is 0 Å². The van der Waals surface area contributed by atoms with Crippen molar-refractivity contribution >= 4 is 5.78 Å². The van der Waals surface area contributed by atoms with Gasteiger partial charge in [-0.25, -0.2) is 0 Å². The second-order valence-electron chi connectivity index (χ2n) is 5.55. The number of hydrogen-bond acceptors (Lipinski definition) is 6. The van der Waals surface area contributed by atoms with Crippen molar-refractivity contribution in [2.24, 2.45) is 0 Å². The van der Waals surface area contributed by atoms with Crippen molar-refractivity contribution in [2.75, 3.05) is 35.0 Å². The van der Waals surface area contributed by atoms with Crippen LogP contribution in [0, 0.1) is 0 Å². The van der Waals surface area contributed by atoms with Crippen LogP contribution in [0.5, 0.6) is 28.7 Å². The third-order valence-electron chi connectivity index (χ3n) is 4.16. The number of Topliss-reactive ketones (excluding diaryl/α,β-unsaturated/α-hetero) is 1. The molecular formula is C19H20O6. The highest BCUT2D eigenvalue weighted by molar-refractivity contribution is 5.89. The van der Waals surface area contributed by atoms with Crippen LogP contribution in [-0.4, -0.2) is 40.8 Å². The van der Waals surface area contributed by atoms with Crippen molar-refractivity contribution in [3.05, 3.63) is 29.8 Å². The number of fused-ring (bicyclic) bond motifs is 3. The van der Waals surface area contributed by atoms with E-state index in [2.05, 4.69) is 0 Å². The van der Waals surface area contributed by atoms with E-state index in [9.17, 15) is 4.79 Å². The molecule has 132 valence electrons. The molecule has 0 spiro atoms. The molecule has 0 unspecified atom stereocenters. The fourth-order valence-corrected chi connectivity index (χ4v) is 2.99. The molecule has 0 fully saturated rings. The van der Waals surface area contributed by atoms with Crippen molar-refractivity contribution in [1.82, 2.24) is 0 Å². The smallest absolute Gasteiger partial charge is 0.203 e. The third kappa shape index (κ3) is 2.95. The first-order valence-corrected chi connectivity index (χ1v) is 7.77. The molecule has 25 heavy (non-hydrogen) atoms. The Balaban J connectivity index is 2.30. The highest BCUT2D eigenvalue weighted by Gasteiger charge is 2.25. The second-order valence-corrected chi connectivity index (χ2v) is 5.55. The zero-order chi connectivity index (χ0) is 18.0. The van der Waals surface area contributed by atoms with Crippen LogP contribution in [0.4, 0.5) is 0 Å². The van der Waals surface area contributed by atoms with Gasteiger partial charge in [0.15, 0.2) is 28.8 Å². The van der Waals surface area contributed by atoms with E-state index < -0.39 is 0 Å². The predicted molar refractivity (Wildman–Crippen MR) is 92.3 cm³/mol. The molecule has 2 aromatic rings. The SMILES string of the molecule is COc1cc2c(cc1OC)-c1ccc(OC)c(OC)c1OCC(=O)C2. The van der Waals surface area contributed by atoms with Crippen molar-refractivity contribution in [3.8, 4) is 39.9 Å². The van der Waals surface area contributed by atoms with Gasteiger partial charge in [0.1, 0.15) is 6.61 Å². The summed E-state index contributed by atoms with van der Waals surface area (Å²) in [6.07, 6.45) is 0.253. The van der Waals surface area contributed by atoms with E-state index in [0.29, 0.717) is 28.7 Å². The molecule has 3 rings (SSSR count). The van der Waals surface area contributed by atoms with Crippen LogP contribution in [0.2, 0.25) is 0 Å². The minimum atomic E-state index is -0.0380. The summed E-state index contributed by atoms with van der Waals surface area (Å²) in [4.78, 5) is 12.2. The molecule has 0 N–H and O–H groups in total. The quantitative estimate of drug-likeness (QED) is 0.850. The van der Waals surface area contributed by atoms with Gasteiger partial charge in [-0.05, 0) is 35.4 Å². The Bertz CT molecular complexity index is 812. The highest BCUT2D eigenvalue weighted by atomic mass is 16.5. The average molecular weight is 344 g/mol. The predicted octanol–water partition coefficient (Wildman–Crippen LogP) is 2.89. The molecule has 1 heterocycles. The molecular weight excluding hydrogens is 324 g/mol. The number of rotatable bonds is 4. The fourth-order valence-electron chi connectivity index (χ4n) is 2.99. The summed E-state index contributed by atoms with van der Waals surface area (Å²) in [5.41, 5.74) is 2.49. The Hall–Kier alpha value is -2.89. The Morgan fingerprint density at radius 2 is 1.52 bits per heavy atom. The number of carbonyl (C=O) groups is 1. The zero-order valence-corrected chi connectivity index (χ0v) is 14.7. The van der Waals surface area contributed by atoms with Crippen molar-refractivity contribution in [2.45, 2.75) is 6.42 Å². The third-order valence-corrected chi connectivity index (χ3v) is 4.16. The van der Waals surface area contributed by atoms with Crippen molar-refractivity contribution in [1.29, 1.82) is 0 Å². The van der Waals surface area contributed by atoms with Gasteiger partial charge in [0.2, 0.25) is 5.75 Å². The maximum atomic E-state index is 12.2. The van der Waals surface area contributed by atoms with Crippen LogP contribution in [0.25, 0.3) is 11.1 Å². The van der Waals surface area contributed by atoms with E-state index >= 15 is 0 Å². The molecule has 6 heteroatoms. The first kappa shape index (κ1) is 17.0. The van der Waals surface area contributed by atoms with E-state index in [0.717, 1.165) is 16.7 Å². The number of benzene rings is 2. The minimum Gasteiger partial charge on any atom is -0.493 e. The highest BCUT2D eigenvalue weighted by Crippen LogP contribution is 2.47. The molecule has 0 atom stereocenters. The summed E-state index contributed by atoms with van der Waals surface area (Å²) in [7, 11) is 6.24. The number of carbonyl (C=O) groups excluding carboxylic acids is 1. The van der Waals surface area contributed by atoms with Crippen LogP contribution < -0.4 is 23.7 Å². The lowest BCUT2D eigenvalue weighted by Crippen LogP contribution is -2.17. The van der Waals surface area contributed by atoms with E-state index in [4.69, 9.17) is 23.7 Å². The zero-order valence-electron chi connectivity index (χ0n) is 14.7. The summed E-state index contributed by atoms with van der Waals surface area (Å²) in [6, 6.07) is 7.38. The molecule has 0 saturated carbocycles. The van der Waals surface area contributed by atoms with Gasteiger partial charge in [0.05, 0.1) is 28.4 Å². The molecule has 6 nitrogen and oxygen atoms in total. The normalized spacial score (nSPS) is 12.9. The second kappa shape index (κ2) is 6.93. The van der Waals surface area contributed by atoms with E-state index in [-0.39, 0.29) is 18.8 Å². The molecule has 0 saturated heterocycles. The maximum Gasteiger partial charge on any atom is 0.203 e. The number of methoxy groups -OCH3 is 4. The summed E-state index contributed by atoms with van der Waals surface area (Å²) in [6.45, 7) is -0.0374. The molecule has 0 radical (unpaired) electrons. The molecule has 0 amide bonds. The lowest BCUT2D eigenvalue weighted by molar-refractivity contribution is -0.120. The average Bonchev–Trinajstić information content (AvgIpc) is 2.63. The number of ketones is 1. The van der Waals surface area contributed by atoms with Gasteiger partial charge in [0, 0.05) is 12.0 Å². The van der Waals surface area contributed by atoms with E-state index in [1.165, 1.54) is 7.11 Å². The molecule has 1 aliphatic heterocycles. The van der Waals surface area contributed by atoms with Crippen LogP contribution in [-0.2, 0) is 11.2 Å². The monoisotopic (exact) mass is 344 g/mol. The fraction of sp³-hybridized carbons (Fsp3) is 0.316. The first-order chi connectivity index (χ1) is 12.1. The van der Waals surface area contributed by atoms with Crippen LogP contribution in [0.1, 0.15) is 5.56 Å². The molecule has 0 aromatic heterocycles. The Labute approximate surface area is 146 Å². The van der Waals surface area contributed by atoms with Crippen molar-refractivity contribution in [3.63, 3.8) is 0 Å². The number of ether oxygens (including phenoxy) is 5. The Morgan fingerprint density at radius 1 is 0.840 bits per heavy atom. The van der Waals surface area contributed by atoms with E-state index in [1.807, 2.05) is 24.3 Å². The van der Waals surface area contributed by atoms with Gasteiger partial charge in [-0.15, -0.1) is 0 Å². The maximum absolute atomic E-state index is 12.2. The van der Waals surface area contributed by atoms with Crippen LogP contribution >= 0.6 is 0 Å². The molecule has 2 aromatic carbocycles. The lowest BCUT2D eigenvalue weighted by atomic mass is 9.93. The summed E-state index contributed by atoms with van der Waals surface area (Å²) in [5.74, 6) is 2.59. The van der Waals surface area contributed by atoms with Gasteiger partial charge >= 0.3 is 0 Å². The Morgan fingerprint density at radius 3 is 2.16 bits per heavy atom. The summed E-state index contributed by atoms with van der Waals surface area (Å²) in [5, 5.41) is 0. The minimum absolute atomic E-state index is 0.0374. The summed E-state index contributed by atoms with van der Waals surface area (Å²) >= 11 is 0. The first-order valence-electron chi connectivity index (χ1n) is 7.77. The van der Waals surface area contributed by atoms with Gasteiger partial charge < -0.3 is 23.7 Å². The van der Waals surface area contributed by atoms with E-state index in [1.54, 1.807) is 21.3 Å². The van der Waals surface area contributed by atoms with Gasteiger partial charge in [0.25, 0.3) is 0 Å². The molecule has 0 bridgehead atoms. The molecule has 0 aliphatic carbocycles.